The van der Waals surface area contributed by atoms with Gasteiger partial charge in [0.05, 0.1) is 33.5 Å². The lowest BCUT2D eigenvalue weighted by atomic mass is 10.0. The molecule has 0 bridgehead atoms. The van der Waals surface area contributed by atoms with Crippen molar-refractivity contribution in [1.29, 1.82) is 0 Å². The topological polar surface area (TPSA) is 42.3 Å². The molecule has 0 saturated heterocycles. The van der Waals surface area contributed by atoms with Gasteiger partial charge in [0, 0.05) is 10.8 Å². The lowest BCUT2D eigenvalue weighted by Gasteiger charge is -2.16. The van der Waals surface area contributed by atoms with Crippen molar-refractivity contribution in [2.45, 2.75) is 6.92 Å². The number of amides is 2. The van der Waals surface area contributed by atoms with Gasteiger partial charge in [0.25, 0.3) is 11.8 Å². The molecule has 0 aliphatic carbocycles. The second-order valence-corrected chi connectivity index (χ2v) is 9.43. The van der Waals surface area contributed by atoms with Crippen molar-refractivity contribution in [2.24, 2.45) is 0 Å². The lowest BCUT2D eigenvalue weighted by molar-refractivity contribution is 0.0926. The van der Waals surface area contributed by atoms with Crippen molar-refractivity contribution >= 4 is 39.3 Å². The third-order valence-electron chi connectivity index (χ3n) is 7.17. The molecule has 0 atom stereocenters. The van der Waals surface area contributed by atoms with Gasteiger partial charge in [-0.1, -0.05) is 78.9 Å². The molecule has 0 spiro atoms. The summed E-state index contributed by atoms with van der Waals surface area (Å²) in [5, 5.41) is 2.22. The Morgan fingerprint density at radius 3 is 2.16 bits per heavy atom. The summed E-state index contributed by atoms with van der Waals surface area (Å²) >= 11 is 0. The Morgan fingerprint density at radius 1 is 0.568 bits per heavy atom. The van der Waals surface area contributed by atoms with Gasteiger partial charge in [0.1, 0.15) is 0 Å². The van der Waals surface area contributed by atoms with Gasteiger partial charge >= 0.3 is 0 Å². The van der Waals surface area contributed by atoms with Crippen LogP contribution >= 0.6 is 0 Å². The van der Waals surface area contributed by atoms with Gasteiger partial charge in [-0.3, -0.25) is 9.59 Å². The molecule has 4 nitrogen and oxygen atoms in total. The number of anilines is 1. The molecule has 2 heterocycles. The number of aromatic nitrogens is 1. The maximum absolute atomic E-state index is 14.0. The molecular formula is C33H22N2O2. The number of rotatable bonds is 3. The van der Waals surface area contributed by atoms with Crippen LogP contribution in [0.3, 0.4) is 0 Å². The highest BCUT2D eigenvalue weighted by atomic mass is 16.2. The summed E-state index contributed by atoms with van der Waals surface area (Å²) < 4.78 is 2.12. The van der Waals surface area contributed by atoms with E-state index in [1.54, 1.807) is 6.07 Å². The van der Waals surface area contributed by atoms with E-state index in [0.717, 1.165) is 44.2 Å². The Balaban J connectivity index is 1.43. The van der Waals surface area contributed by atoms with Crippen LogP contribution in [0.25, 0.3) is 38.6 Å². The zero-order valence-corrected chi connectivity index (χ0v) is 20.2. The predicted octanol–water partition coefficient (Wildman–Crippen LogP) is 7.56. The first-order valence-electron chi connectivity index (χ1n) is 12.3. The highest BCUT2D eigenvalue weighted by molar-refractivity contribution is 6.35. The number of aryl methyl sites for hydroxylation is 1. The molecule has 0 saturated carbocycles. The van der Waals surface area contributed by atoms with Crippen molar-refractivity contribution in [3.63, 3.8) is 0 Å². The molecule has 37 heavy (non-hydrogen) atoms. The number of carbonyl (C=O) groups excluding carboxylic acids is 2. The Kier molecular flexibility index (Phi) is 4.63. The van der Waals surface area contributed by atoms with Crippen LogP contribution in [0.1, 0.15) is 26.3 Å². The van der Waals surface area contributed by atoms with Crippen LogP contribution in [0, 0.1) is 6.92 Å². The predicted molar refractivity (Wildman–Crippen MR) is 149 cm³/mol. The zero-order chi connectivity index (χ0) is 25.1. The molecule has 0 N–H and O–H groups in total. The number of hydrogen-bond acceptors (Lipinski definition) is 2. The third-order valence-corrected chi connectivity index (χ3v) is 7.17. The fraction of sp³-hybridized carbons (Fsp3) is 0.0303. The number of imide groups is 1. The smallest absolute Gasteiger partial charge is 0.268 e. The summed E-state index contributed by atoms with van der Waals surface area (Å²) in [6.07, 6.45) is 0. The van der Waals surface area contributed by atoms with Gasteiger partial charge < -0.3 is 4.57 Å². The van der Waals surface area contributed by atoms with Crippen molar-refractivity contribution < 1.29 is 9.59 Å². The van der Waals surface area contributed by atoms with Crippen LogP contribution in [-0.4, -0.2) is 16.4 Å². The molecule has 6 aromatic rings. The Hall–Kier alpha value is -4.96. The van der Waals surface area contributed by atoms with Crippen molar-refractivity contribution in [3.05, 3.63) is 132 Å². The third kappa shape index (κ3) is 3.16. The average Bonchev–Trinajstić information content (AvgIpc) is 3.40. The SMILES string of the molecule is Cc1ccc2c3ccccc3n(-c3cccc4c3C(=O)N(c3cccc(-c5ccccc5)c3)C4=O)c2c1. The first kappa shape index (κ1) is 21.3. The van der Waals surface area contributed by atoms with E-state index in [1.807, 2.05) is 78.9 Å². The van der Waals surface area contributed by atoms with Gasteiger partial charge in [0.2, 0.25) is 0 Å². The molecular weight excluding hydrogens is 456 g/mol. The highest BCUT2D eigenvalue weighted by Gasteiger charge is 2.39. The van der Waals surface area contributed by atoms with Gasteiger partial charge in [-0.2, -0.15) is 0 Å². The van der Waals surface area contributed by atoms with Crippen molar-refractivity contribution in [3.8, 4) is 16.8 Å². The fourth-order valence-electron chi connectivity index (χ4n) is 5.48. The molecule has 0 fully saturated rings. The largest absolute Gasteiger partial charge is 0.308 e. The van der Waals surface area contributed by atoms with Gasteiger partial charge in [-0.15, -0.1) is 0 Å². The molecule has 0 radical (unpaired) electrons. The normalized spacial score (nSPS) is 13.1. The second-order valence-electron chi connectivity index (χ2n) is 9.43. The molecule has 176 valence electrons. The first-order valence-corrected chi connectivity index (χ1v) is 12.3. The molecule has 5 aromatic carbocycles. The maximum Gasteiger partial charge on any atom is 0.268 e. The van der Waals surface area contributed by atoms with E-state index in [0.29, 0.717) is 16.8 Å². The summed E-state index contributed by atoms with van der Waals surface area (Å²) in [5.41, 5.74) is 7.26. The van der Waals surface area contributed by atoms with Crippen LogP contribution < -0.4 is 4.90 Å². The Morgan fingerprint density at radius 2 is 1.30 bits per heavy atom. The van der Waals surface area contributed by atoms with E-state index < -0.39 is 0 Å². The van der Waals surface area contributed by atoms with Crippen LogP contribution in [0.2, 0.25) is 0 Å². The van der Waals surface area contributed by atoms with Gasteiger partial charge in [-0.25, -0.2) is 4.90 Å². The van der Waals surface area contributed by atoms with Crippen molar-refractivity contribution in [1.82, 2.24) is 4.57 Å². The van der Waals surface area contributed by atoms with E-state index >= 15 is 0 Å². The van der Waals surface area contributed by atoms with E-state index in [9.17, 15) is 9.59 Å². The minimum absolute atomic E-state index is 0.302. The summed E-state index contributed by atoms with van der Waals surface area (Å²) in [7, 11) is 0. The number of benzene rings is 5. The summed E-state index contributed by atoms with van der Waals surface area (Å²) in [6.45, 7) is 2.06. The maximum atomic E-state index is 14.0. The number of carbonyl (C=O) groups is 2. The van der Waals surface area contributed by atoms with Crippen LogP contribution in [0.15, 0.2) is 115 Å². The van der Waals surface area contributed by atoms with E-state index in [1.165, 1.54) is 4.90 Å². The number of para-hydroxylation sites is 1. The quantitative estimate of drug-likeness (QED) is 0.246. The molecule has 2 amide bonds. The number of hydrogen-bond donors (Lipinski definition) is 0. The van der Waals surface area contributed by atoms with E-state index in [4.69, 9.17) is 0 Å². The molecule has 1 aliphatic heterocycles. The second kappa shape index (κ2) is 8.04. The zero-order valence-electron chi connectivity index (χ0n) is 20.2. The van der Waals surface area contributed by atoms with Crippen molar-refractivity contribution in [2.75, 3.05) is 4.90 Å². The molecule has 4 heteroatoms. The summed E-state index contributed by atoms with van der Waals surface area (Å²) in [4.78, 5) is 29.0. The summed E-state index contributed by atoms with van der Waals surface area (Å²) in [5.74, 6) is -0.608. The molecule has 1 aromatic heterocycles. The number of nitrogens with zero attached hydrogens (tertiary/aromatic N) is 2. The van der Waals surface area contributed by atoms with Gasteiger partial charge in [0.15, 0.2) is 0 Å². The minimum atomic E-state index is -0.306. The van der Waals surface area contributed by atoms with Crippen LogP contribution in [0.5, 0.6) is 0 Å². The van der Waals surface area contributed by atoms with E-state index in [-0.39, 0.29) is 11.8 Å². The highest BCUT2D eigenvalue weighted by Crippen LogP contribution is 2.38. The molecule has 7 rings (SSSR count). The Bertz CT molecular complexity index is 1880. The fourth-order valence-corrected chi connectivity index (χ4v) is 5.48. The van der Waals surface area contributed by atoms with Crippen LogP contribution in [0.4, 0.5) is 5.69 Å². The van der Waals surface area contributed by atoms with E-state index in [2.05, 4.69) is 41.8 Å². The molecule has 0 unspecified atom stereocenters. The summed E-state index contributed by atoms with van der Waals surface area (Å²) in [6, 6.07) is 37.6. The van der Waals surface area contributed by atoms with Crippen LogP contribution in [-0.2, 0) is 0 Å². The first-order chi connectivity index (χ1) is 18.1. The lowest BCUT2D eigenvalue weighted by Crippen LogP contribution is -2.29. The Labute approximate surface area is 214 Å². The minimum Gasteiger partial charge on any atom is -0.308 e. The monoisotopic (exact) mass is 478 g/mol. The standard InChI is InChI=1S/C33H22N2O2/c1-21-17-18-26-25-13-5-6-15-28(25)35(30(26)19-21)29-16-8-14-27-31(29)33(37)34(32(27)36)24-12-7-11-23(20-24)22-9-3-2-4-10-22/h2-20H,1H3. The number of fused-ring (bicyclic) bond motifs is 4. The van der Waals surface area contributed by atoms with Gasteiger partial charge in [-0.05, 0) is 60.0 Å². The average molecular weight is 479 g/mol. The molecule has 1 aliphatic rings.